The fourth-order valence-electron chi connectivity index (χ4n) is 2.60. The molecule has 1 saturated heterocycles. The summed E-state index contributed by atoms with van der Waals surface area (Å²) in [6.07, 6.45) is 3.43. The number of hydrogen-bond acceptors (Lipinski definition) is 6. The highest BCUT2D eigenvalue weighted by Gasteiger charge is 2.35. The molecule has 0 aliphatic carbocycles. The molecular weight excluding hydrogens is 380 g/mol. The lowest BCUT2D eigenvalue weighted by atomic mass is 10.1. The second-order valence-electron chi connectivity index (χ2n) is 6.00. The minimum absolute atomic E-state index is 0.119. The van der Waals surface area contributed by atoms with Gasteiger partial charge in [0, 0.05) is 24.5 Å². The Morgan fingerprint density at radius 3 is 2.61 bits per heavy atom. The fraction of sp³-hybridized carbons (Fsp3) is 0.211. The highest BCUT2D eigenvalue weighted by Crippen LogP contribution is 2.26. The molecule has 0 bridgehead atoms. The number of thioether (sulfide) groups is 1. The predicted molar refractivity (Wildman–Crippen MR) is 105 cm³/mol. The highest BCUT2D eigenvalue weighted by molar-refractivity contribution is 8.15. The van der Waals surface area contributed by atoms with Crippen molar-refractivity contribution in [3.8, 4) is 0 Å². The summed E-state index contributed by atoms with van der Waals surface area (Å²) in [7, 11) is 0. The van der Waals surface area contributed by atoms with Crippen LogP contribution >= 0.6 is 11.8 Å². The summed E-state index contributed by atoms with van der Waals surface area (Å²) in [5.41, 5.74) is 3.79. The highest BCUT2D eigenvalue weighted by atomic mass is 32.2. The first kappa shape index (κ1) is 19.6. The van der Waals surface area contributed by atoms with Gasteiger partial charge in [-0.1, -0.05) is 42.1 Å². The third-order valence-corrected chi connectivity index (χ3v) is 5.25. The number of carboxylic acid groups (broad SMARTS) is 1. The number of hydrogen-bond donors (Lipinski definition) is 2. The van der Waals surface area contributed by atoms with Gasteiger partial charge in [0.1, 0.15) is 5.25 Å². The van der Waals surface area contributed by atoms with Crippen LogP contribution in [0.2, 0.25) is 0 Å². The molecule has 1 aromatic carbocycles. The topological polar surface area (TPSA) is 112 Å². The third-order valence-electron chi connectivity index (χ3n) is 4.08. The van der Waals surface area contributed by atoms with Gasteiger partial charge < -0.3 is 5.11 Å². The van der Waals surface area contributed by atoms with Gasteiger partial charge >= 0.3 is 5.97 Å². The van der Waals surface area contributed by atoms with Crippen LogP contribution in [0.5, 0.6) is 0 Å². The van der Waals surface area contributed by atoms with E-state index in [4.69, 9.17) is 0 Å². The van der Waals surface area contributed by atoms with Crippen LogP contribution < -0.4 is 5.43 Å². The van der Waals surface area contributed by atoms with E-state index in [1.165, 1.54) is 29.4 Å². The van der Waals surface area contributed by atoms with Crippen molar-refractivity contribution in [2.24, 2.45) is 5.10 Å². The second-order valence-corrected chi connectivity index (χ2v) is 7.17. The number of carboxylic acids is 1. The normalized spacial score (nSPS) is 18.1. The summed E-state index contributed by atoms with van der Waals surface area (Å²) in [4.78, 5) is 41.3. The van der Waals surface area contributed by atoms with Gasteiger partial charge in [-0.15, -0.1) is 5.10 Å². The van der Waals surface area contributed by atoms with Crippen molar-refractivity contribution in [2.45, 2.75) is 18.1 Å². The maximum Gasteiger partial charge on any atom is 0.317 e. The number of hydrazone groups is 1. The summed E-state index contributed by atoms with van der Waals surface area (Å²) in [5, 5.41) is 12.6. The molecule has 9 heteroatoms. The van der Waals surface area contributed by atoms with Gasteiger partial charge in [-0.25, -0.2) is 5.43 Å². The van der Waals surface area contributed by atoms with Crippen LogP contribution in [-0.4, -0.2) is 49.7 Å². The van der Waals surface area contributed by atoms with E-state index in [9.17, 15) is 19.5 Å². The molecule has 0 saturated carbocycles. The van der Waals surface area contributed by atoms with Gasteiger partial charge in [0.15, 0.2) is 5.17 Å². The first-order chi connectivity index (χ1) is 13.5. The average Bonchev–Trinajstić information content (AvgIpc) is 2.72. The van der Waals surface area contributed by atoms with Crippen molar-refractivity contribution in [3.05, 3.63) is 66.0 Å². The Balaban J connectivity index is 1.76. The molecule has 0 spiro atoms. The minimum Gasteiger partial charge on any atom is -0.480 e. The Bertz CT molecular complexity index is 889. The van der Waals surface area contributed by atoms with Crippen molar-refractivity contribution in [3.63, 3.8) is 0 Å². The number of aromatic nitrogens is 1. The molecule has 1 aliphatic rings. The van der Waals surface area contributed by atoms with Crippen molar-refractivity contribution in [2.75, 3.05) is 6.54 Å². The molecule has 28 heavy (non-hydrogen) atoms. The van der Waals surface area contributed by atoms with Crippen LogP contribution in [0.25, 0.3) is 0 Å². The maximum atomic E-state index is 12.5. The van der Waals surface area contributed by atoms with Crippen LogP contribution in [0.3, 0.4) is 0 Å². The van der Waals surface area contributed by atoms with Crippen LogP contribution in [0.15, 0.2) is 60.0 Å². The zero-order chi connectivity index (χ0) is 19.9. The zero-order valence-corrected chi connectivity index (χ0v) is 15.6. The van der Waals surface area contributed by atoms with Crippen molar-refractivity contribution >= 4 is 34.7 Å². The second kappa shape index (κ2) is 9.14. The molecular formula is C19H18N4O4S. The standard InChI is InChI=1S/C19H18N4O4S/c24-16-12-15(18(26)27)28-19(22-21-17(25)14-6-9-20-10-7-14)23(16)11-8-13-4-2-1-3-5-13/h1-7,9-10,15H,8,11-12H2,(H,21,25)(H,26,27). The Morgan fingerprint density at radius 2 is 1.93 bits per heavy atom. The molecule has 2 amide bonds. The molecule has 2 aromatic rings. The summed E-state index contributed by atoms with van der Waals surface area (Å²) >= 11 is 0.952. The molecule has 2 heterocycles. The lowest BCUT2D eigenvalue weighted by Gasteiger charge is -2.30. The number of pyridine rings is 1. The molecule has 1 aliphatic heterocycles. The monoisotopic (exact) mass is 398 g/mol. The van der Waals surface area contributed by atoms with Gasteiger partial charge in [-0.05, 0) is 24.1 Å². The minimum atomic E-state index is -1.09. The van der Waals surface area contributed by atoms with E-state index in [-0.39, 0.29) is 17.5 Å². The summed E-state index contributed by atoms with van der Waals surface area (Å²) in [5.74, 6) is -1.89. The number of carbonyl (C=O) groups is 3. The zero-order valence-electron chi connectivity index (χ0n) is 14.8. The number of amides is 2. The van der Waals surface area contributed by atoms with Crippen LogP contribution in [0, 0.1) is 0 Å². The number of aliphatic carboxylic acids is 1. The van der Waals surface area contributed by atoms with Gasteiger partial charge in [-0.2, -0.15) is 0 Å². The number of nitrogens with one attached hydrogen (secondary N) is 1. The first-order valence-electron chi connectivity index (χ1n) is 8.56. The number of carbonyl (C=O) groups excluding carboxylic acids is 2. The number of benzene rings is 1. The van der Waals surface area contributed by atoms with E-state index in [1.54, 1.807) is 0 Å². The lowest BCUT2D eigenvalue weighted by molar-refractivity contribution is -0.139. The number of rotatable bonds is 6. The maximum absolute atomic E-state index is 12.5. The number of amidine groups is 1. The van der Waals surface area contributed by atoms with E-state index in [0.717, 1.165) is 17.3 Å². The Labute approximate surface area is 165 Å². The molecule has 1 aromatic heterocycles. The Morgan fingerprint density at radius 1 is 1.21 bits per heavy atom. The molecule has 3 rings (SSSR count). The van der Waals surface area contributed by atoms with Gasteiger partial charge in [-0.3, -0.25) is 24.3 Å². The first-order valence-corrected chi connectivity index (χ1v) is 9.44. The van der Waals surface area contributed by atoms with Crippen LogP contribution in [-0.2, 0) is 16.0 Å². The average molecular weight is 398 g/mol. The lowest BCUT2D eigenvalue weighted by Crippen LogP contribution is -2.45. The van der Waals surface area contributed by atoms with Gasteiger partial charge in [0.25, 0.3) is 5.91 Å². The molecule has 0 radical (unpaired) electrons. The number of nitrogens with zero attached hydrogens (tertiary/aromatic N) is 3. The summed E-state index contributed by atoms with van der Waals surface area (Å²) < 4.78 is 0. The summed E-state index contributed by atoms with van der Waals surface area (Å²) in [6, 6.07) is 12.7. The van der Waals surface area contributed by atoms with Crippen molar-refractivity contribution in [1.82, 2.24) is 15.3 Å². The van der Waals surface area contributed by atoms with E-state index in [2.05, 4.69) is 15.5 Å². The SMILES string of the molecule is O=C(NN=C1SC(C(=O)O)CC(=O)N1CCc1ccccc1)c1ccncc1. The van der Waals surface area contributed by atoms with Gasteiger partial charge in [0.2, 0.25) is 5.91 Å². The fourth-order valence-corrected chi connectivity index (χ4v) is 3.60. The van der Waals surface area contributed by atoms with Crippen LogP contribution in [0.1, 0.15) is 22.3 Å². The van der Waals surface area contributed by atoms with Crippen molar-refractivity contribution < 1.29 is 19.5 Å². The molecule has 1 fully saturated rings. The van der Waals surface area contributed by atoms with E-state index >= 15 is 0 Å². The predicted octanol–water partition coefficient (Wildman–Crippen LogP) is 1.74. The quantitative estimate of drug-likeness (QED) is 0.717. The van der Waals surface area contributed by atoms with E-state index in [0.29, 0.717) is 18.5 Å². The Hall–Kier alpha value is -3.20. The van der Waals surface area contributed by atoms with Crippen LogP contribution in [0.4, 0.5) is 0 Å². The molecule has 2 N–H and O–H groups in total. The molecule has 1 unspecified atom stereocenters. The van der Waals surface area contributed by atoms with Gasteiger partial charge in [0.05, 0.1) is 6.42 Å². The molecule has 8 nitrogen and oxygen atoms in total. The molecule has 144 valence electrons. The Kier molecular flexibility index (Phi) is 6.38. The van der Waals surface area contributed by atoms with E-state index < -0.39 is 17.1 Å². The smallest absolute Gasteiger partial charge is 0.317 e. The largest absolute Gasteiger partial charge is 0.480 e. The summed E-state index contributed by atoms with van der Waals surface area (Å²) in [6.45, 7) is 0.339. The molecule has 1 atom stereocenters. The van der Waals surface area contributed by atoms with E-state index in [1.807, 2.05) is 30.3 Å². The third kappa shape index (κ3) is 4.95. The van der Waals surface area contributed by atoms with Crippen molar-refractivity contribution in [1.29, 1.82) is 0 Å².